The van der Waals surface area contributed by atoms with E-state index in [1.807, 2.05) is 0 Å². The van der Waals surface area contributed by atoms with Crippen LogP contribution in [-0.2, 0) is 0 Å². The van der Waals surface area contributed by atoms with Crippen LogP contribution in [-0.4, -0.2) is 0 Å². The summed E-state index contributed by atoms with van der Waals surface area (Å²) in [5, 5.41) is 8.85. The second kappa shape index (κ2) is 13.9. The third-order valence-corrected chi connectivity index (χ3v) is 13.1. The van der Waals surface area contributed by atoms with Gasteiger partial charge in [0, 0.05) is 50.3 Å². The first-order chi connectivity index (χ1) is 29.6. The standard InChI is InChI=1S/C57H46N2O2/c1-33-16-12-20-51(38(33)6)58(49-18-10-8-14-35(49)3)44-24-22-40-29-46-47-26-37(5)56-55(57(47)61-53(46)31-42(40)27-44)48-30-41-23-25-45(28-43(41)32-54(48)60-56)59(50-19-11-9-15-36(50)4)52-21-13-17-34(2)39(52)7/h8-32H,1-7H3. The van der Waals surface area contributed by atoms with Crippen LogP contribution in [0, 0.1) is 48.5 Å². The number of fused-ring (bicyclic) bond motifs is 9. The van der Waals surface area contributed by atoms with Crippen molar-refractivity contribution < 1.29 is 8.83 Å². The minimum absolute atomic E-state index is 0.849. The van der Waals surface area contributed by atoms with Crippen molar-refractivity contribution in [3.63, 3.8) is 0 Å². The van der Waals surface area contributed by atoms with Gasteiger partial charge in [-0.05, 0) is 188 Å². The molecule has 0 N–H and O–H groups in total. The summed E-state index contributed by atoms with van der Waals surface area (Å²) in [6, 6.07) is 55.1. The van der Waals surface area contributed by atoms with Crippen molar-refractivity contribution in [1.82, 2.24) is 0 Å². The van der Waals surface area contributed by atoms with E-state index in [0.717, 1.165) is 82.7 Å². The summed E-state index contributed by atoms with van der Waals surface area (Å²) >= 11 is 0. The Morgan fingerprint density at radius 1 is 0.328 bits per heavy atom. The topological polar surface area (TPSA) is 32.8 Å². The minimum atomic E-state index is 0.849. The van der Waals surface area contributed by atoms with Crippen LogP contribution in [0.3, 0.4) is 0 Å². The zero-order valence-corrected chi connectivity index (χ0v) is 35.6. The van der Waals surface area contributed by atoms with Crippen LogP contribution in [0.1, 0.15) is 38.9 Å². The lowest BCUT2D eigenvalue weighted by Crippen LogP contribution is -2.13. The number of para-hydroxylation sites is 2. The lowest BCUT2D eigenvalue weighted by Gasteiger charge is -2.29. The van der Waals surface area contributed by atoms with Crippen molar-refractivity contribution in [3.8, 4) is 0 Å². The molecule has 0 unspecified atom stereocenters. The summed E-state index contributed by atoms with van der Waals surface area (Å²) < 4.78 is 13.7. The molecule has 0 saturated heterocycles. The maximum Gasteiger partial charge on any atom is 0.147 e. The third kappa shape index (κ3) is 5.81. The fraction of sp³-hybridized carbons (Fsp3) is 0.123. The molecule has 0 spiro atoms. The highest BCUT2D eigenvalue weighted by Crippen LogP contribution is 2.46. The van der Waals surface area contributed by atoms with Crippen LogP contribution in [0.4, 0.5) is 34.1 Å². The van der Waals surface area contributed by atoms with Gasteiger partial charge in [0.15, 0.2) is 0 Å². The van der Waals surface area contributed by atoms with Crippen LogP contribution in [0.2, 0.25) is 0 Å². The predicted octanol–water partition coefficient (Wildman–Crippen LogP) is 16.9. The number of aryl methyl sites for hydroxylation is 5. The third-order valence-electron chi connectivity index (χ3n) is 13.1. The first-order valence-electron chi connectivity index (χ1n) is 21.2. The fourth-order valence-electron chi connectivity index (χ4n) is 9.47. The highest BCUT2D eigenvalue weighted by molar-refractivity contribution is 6.25. The number of furan rings is 2. The number of benzene rings is 9. The highest BCUT2D eigenvalue weighted by atomic mass is 16.3. The molecule has 296 valence electrons. The molecule has 4 nitrogen and oxygen atoms in total. The van der Waals surface area contributed by atoms with Crippen molar-refractivity contribution in [1.29, 1.82) is 0 Å². The Bertz CT molecular complexity index is 3590. The zero-order chi connectivity index (χ0) is 41.7. The van der Waals surface area contributed by atoms with Crippen LogP contribution in [0.25, 0.3) is 65.4 Å². The molecule has 11 rings (SSSR count). The van der Waals surface area contributed by atoms with Gasteiger partial charge in [-0.15, -0.1) is 0 Å². The first kappa shape index (κ1) is 36.8. The molecule has 0 aliphatic carbocycles. The molecular formula is C57H46N2O2. The Morgan fingerprint density at radius 3 is 1.33 bits per heavy atom. The highest BCUT2D eigenvalue weighted by Gasteiger charge is 2.23. The van der Waals surface area contributed by atoms with Crippen LogP contribution in [0.5, 0.6) is 0 Å². The van der Waals surface area contributed by atoms with E-state index in [0.29, 0.717) is 0 Å². The minimum Gasteiger partial charge on any atom is -0.456 e. The molecule has 0 aliphatic rings. The zero-order valence-electron chi connectivity index (χ0n) is 35.6. The van der Waals surface area contributed by atoms with E-state index < -0.39 is 0 Å². The molecule has 0 atom stereocenters. The molecule has 2 heterocycles. The monoisotopic (exact) mass is 790 g/mol. The van der Waals surface area contributed by atoms with Crippen molar-refractivity contribution in [3.05, 3.63) is 191 Å². The molecule has 0 amide bonds. The van der Waals surface area contributed by atoms with E-state index >= 15 is 0 Å². The maximum absolute atomic E-state index is 6.93. The molecule has 0 saturated carbocycles. The van der Waals surface area contributed by atoms with Gasteiger partial charge in [0.25, 0.3) is 0 Å². The van der Waals surface area contributed by atoms with E-state index in [1.54, 1.807) is 0 Å². The number of rotatable bonds is 6. The molecule has 4 heteroatoms. The van der Waals surface area contributed by atoms with Gasteiger partial charge in [-0.1, -0.05) is 72.8 Å². The Hall–Kier alpha value is -7.30. The van der Waals surface area contributed by atoms with Crippen molar-refractivity contribution in [2.45, 2.75) is 48.5 Å². The SMILES string of the molecule is Cc1ccccc1N(c1ccc2cc3c(cc2c1)oc1c3cc(C)c2oc3cc4cc(N(c5ccccc5C)c5cccc(C)c5C)ccc4cc3c21)c1cccc(C)c1C. The number of hydrogen-bond acceptors (Lipinski definition) is 4. The normalized spacial score (nSPS) is 11.9. The average Bonchev–Trinajstić information content (AvgIpc) is 3.81. The van der Waals surface area contributed by atoms with Crippen molar-refractivity contribution in [2.75, 3.05) is 9.80 Å². The Balaban J connectivity index is 1.07. The van der Waals surface area contributed by atoms with Gasteiger partial charge in [0.2, 0.25) is 0 Å². The fourth-order valence-corrected chi connectivity index (χ4v) is 9.47. The molecule has 61 heavy (non-hydrogen) atoms. The van der Waals surface area contributed by atoms with E-state index in [1.165, 1.54) is 55.8 Å². The Morgan fingerprint density at radius 2 is 0.787 bits per heavy atom. The molecule has 11 aromatic rings. The van der Waals surface area contributed by atoms with Crippen LogP contribution >= 0.6 is 0 Å². The van der Waals surface area contributed by atoms with Gasteiger partial charge in [-0.2, -0.15) is 0 Å². The summed E-state index contributed by atoms with van der Waals surface area (Å²) in [5.74, 6) is 0. The molecule has 0 fully saturated rings. The van der Waals surface area contributed by atoms with Crippen molar-refractivity contribution in [2.24, 2.45) is 0 Å². The maximum atomic E-state index is 6.93. The van der Waals surface area contributed by atoms with Gasteiger partial charge in [0.05, 0.1) is 5.39 Å². The van der Waals surface area contributed by atoms with Crippen LogP contribution < -0.4 is 9.80 Å². The van der Waals surface area contributed by atoms with Crippen LogP contribution in [0.15, 0.2) is 160 Å². The van der Waals surface area contributed by atoms with Gasteiger partial charge in [0.1, 0.15) is 22.3 Å². The molecular weight excluding hydrogens is 745 g/mol. The summed E-state index contributed by atoms with van der Waals surface area (Å²) in [6.07, 6.45) is 0. The molecule has 0 aliphatic heterocycles. The number of hydrogen-bond donors (Lipinski definition) is 0. The summed E-state index contributed by atoms with van der Waals surface area (Å²) in [7, 11) is 0. The average molecular weight is 791 g/mol. The van der Waals surface area contributed by atoms with E-state index in [9.17, 15) is 0 Å². The molecule has 9 aromatic carbocycles. The smallest absolute Gasteiger partial charge is 0.147 e. The second-order valence-electron chi connectivity index (χ2n) is 16.9. The second-order valence-corrected chi connectivity index (χ2v) is 16.9. The number of nitrogens with zero attached hydrogens (tertiary/aromatic N) is 2. The van der Waals surface area contributed by atoms with Gasteiger partial charge in [-0.25, -0.2) is 0 Å². The number of anilines is 6. The van der Waals surface area contributed by atoms with E-state index in [2.05, 4.69) is 210 Å². The Kier molecular flexibility index (Phi) is 8.37. The first-order valence-corrected chi connectivity index (χ1v) is 21.2. The lowest BCUT2D eigenvalue weighted by molar-refractivity contribution is 0.661. The summed E-state index contributed by atoms with van der Waals surface area (Å²) in [5.41, 5.74) is 18.9. The van der Waals surface area contributed by atoms with Gasteiger partial charge >= 0.3 is 0 Å². The Labute approximate surface area is 355 Å². The summed E-state index contributed by atoms with van der Waals surface area (Å²) in [6.45, 7) is 15.3. The summed E-state index contributed by atoms with van der Waals surface area (Å²) in [4.78, 5) is 4.78. The molecule has 0 bridgehead atoms. The van der Waals surface area contributed by atoms with Crippen molar-refractivity contribution >= 4 is 99.5 Å². The van der Waals surface area contributed by atoms with Gasteiger partial charge in [-0.3, -0.25) is 0 Å². The van der Waals surface area contributed by atoms with E-state index in [4.69, 9.17) is 8.83 Å². The quantitative estimate of drug-likeness (QED) is 0.168. The molecule has 0 radical (unpaired) electrons. The largest absolute Gasteiger partial charge is 0.456 e. The predicted molar refractivity (Wildman–Crippen MR) is 259 cm³/mol. The van der Waals surface area contributed by atoms with Gasteiger partial charge < -0.3 is 18.6 Å². The van der Waals surface area contributed by atoms with E-state index in [-0.39, 0.29) is 0 Å². The molecule has 2 aromatic heterocycles. The lowest BCUT2D eigenvalue weighted by atomic mass is 10.00.